The number of fused-ring (bicyclic) bond motifs is 2. The Morgan fingerprint density at radius 1 is 0.667 bits per heavy atom. The van der Waals surface area contributed by atoms with Crippen LogP contribution in [0.5, 0.6) is 0 Å². The lowest BCUT2D eigenvalue weighted by Crippen LogP contribution is -2.65. The summed E-state index contributed by atoms with van der Waals surface area (Å²) in [5.41, 5.74) is 2.32. The summed E-state index contributed by atoms with van der Waals surface area (Å²) in [6.07, 6.45) is -9.38. The minimum Gasteiger partial charge on any atom is -0.387 e. The second-order valence-electron chi connectivity index (χ2n) is 13.5. The molecule has 0 saturated carbocycles. The van der Waals surface area contributed by atoms with Crippen molar-refractivity contribution in [1.82, 2.24) is 0 Å². The van der Waals surface area contributed by atoms with E-state index in [4.69, 9.17) is 47.4 Å². The maximum Gasteiger partial charge on any atom is 0.219 e. The monoisotopic (exact) mass is 768 g/mol. The molecule has 0 spiro atoms. The fourth-order valence-corrected chi connectivity index (χ4v) is 7.59. The van der Waals surface area contributed by atoms with Crippen LogP contribution in [-0.2, 0) is 47.4 Å². The number of carbonyl (C=O) groups excluding carboxylic acids is 1. The Labute approximate surface area is 319 Å². The largest absolute Gasteiger partial charge is 0.387 e. The van der Waals surface area contributed by atoms with E-state index in [1.54, 1.807) is 12.1 Å². The first-order valence-corrected chi connectivity index (χ1v) is 19.4. The Morgan fingerprint density at radius 2 is 1.20 bits per heavy atom. The molecule has 13 nitrogen and oxygen atoms in total. The molecule has 2 N–H and O–H groups in total. The van der Waals surface area contributed by atoms with Gasteiger partial charge in [-0.15, -0.1) is 0 Å². The van der Waals surface area contributed by atoms with Gasteiger partial charge in [0.15, 0.2) is 25.2 Å². The van der Waals surface area contributed by atoms with Crippen molar-refractivity contribution >= 4 is 16.9 Å². The lowest BCUT2D eigenvalue weighted by Gasteiger charge is -2.51. The Kier molecular flexibility index (Phi) is 14.1. The zero-order valence-electron chi connectivity index (χ0n) is 30.0. The first-order chi connectivity index (χ1) is 26.5. The van der Waals surface area contributed by atoms with Crippen molar-refractivity contribution in [3.8, 4) is 0 Å². The van der Waals surface area contributed by atoms with E-state index >= 15 is 0 Å². The van der Waals surface area contributed by atoms with Crippen LogP contribution < -0.4 is 0 Å². The molecule has 54 heavy (non-hydrogen) atoms. The minimum absolute atomic E-state index is 0.0207. The van der Waals surface area contributed by atoms with Crippen molar-refractivity contribution in [2.45, 2.75) is 74.8 Å². The van der Waals surface area contributed by atoms with E-state index in [1.165, 1.54) is 11.8 Å². The lowest BCUT2D eigenvalue weighted by atomic mass is 9.90. The van der Waals surface area contributed by atoms with Gasteiger partial charge in [-0.2, -0.15) is 0 Å². The van der Waals surface area contributed by atoms with Crippen LogP contribution in [-0.4, -0.2) is 123 Å². The van der Waals surface area contributed by atoms with Gasteiger partial charge in [-0.1, -0.05) is 110 Å². The number of carbonyl (C=O) groups is 1. The van der Waals surface area contributed by atoms with Crippen molar-refractivity contribution in [3.63, 3.8) is 0 Å². The summed E-state index contributed by atoms with van der Waals surface area (Å²) in [4.78, 5) is 12.2. The molecular weight excluding hydrogens is 720 g/mol. The van der Waals surface area contributed by atoms with Crippen LogP contribution in [0.1, 0.15) is 41.0 Å². The molecule has 4 aliphatic rings. The van der Waals surface area contributed by atoms with Gasteiger partial charge in [-0.25, -0.2) is 0 Å². The first kappa shape index (κ1) is 39.4. The number of hydrogen-bond donors (Lipinski definition) is 2. The summed E-state index contributed by atoms with van der Waals surface area (Å²) in [6, 6.07) is 28.2. The number of rotatable bonds is 15. The molecule has 4 aliphatic heterocycles. The normalized spacial score (nSPS) is 33.8. The highest BCUT2D eigenvalue weighted by Crippen LogP contribution is 2.40. The first-order valence-electron chi connectivity index (χ1n) is 18.4. The maximum atomic E-state index is 12.2. The third-order valence-corrected chi connectivity index (χ3v) is 10.6. The fraction of sp³-hybridized carbons (Fsp3) is 0.525. The van der Waals surface area contributed by atoms with Gasteiger partial charge >= 0.3 is 0 Å². The van der Waals surface area contributed by atoms with E-state index in [2.05, 4.69) is 0 Å². The number of thioether (sulfide) groups is 1. The minimum atomic E-state index is -1.42. The molecule has 0 amide bonds. The lowest BCUT2D eigenvalue weighted by molar-refractivity contribution is -0.399. The average molecular weight is 769 g/mol. The van der Waals surface area contributed by atoms with Crippen LogP contribution >= 0.6 is 11.8 Å². The molecule has 0 aliphatic carbocycles. The fourth-order valence-electron chi connectivity index (χ4n) is 6.90. The smallest absolute Gasteiger partial charge is 0.219 e. The number of aliphatic hydroxyl groups excluding tert-OH is 2. The van der Waals surface area contributed by atoms with Gasteiger partial charge in [0, 0.05) is 28.4 Å². The van der Waals surface area contributed by atoms with Crippen molar-refractivity contribution < 1.29 is 62.4 Å². The highest BCUT2D eigenvalue weighted by atomic mass is 32.2. The third-order valence-electron chi connectivity index (χ3n) is 9.76. The molecule has 7 rings (SSSR count). The molecule has 3 aromatic carbocycles. The predicted octanol–water partition coefficient (Wildman–Crippen LogP) is 4.03. The van der Waals surface area contributed by atoms with E-state index in [9.17, 15) is 15.0 Å². The standard InChI is InChI=1S/C40H48O13S/c1-25-33(51-40-32(42)31(41)34-29(50-40)23-47-38(52-34)27-13-7-3-8-14-27)35-30(24-48-39(53-35)28-15-9-4-10-16-28)49-37(25)46-20-19-44-17-18-45-21-22-54-36(43)26-11-5-2-6-12-26/h2-16,25,29-35,37-42H,17-24H2,1H3/t25?,29?,30?,31-,32?,33-,34+,35+,37-,38?,39?,40+/m1/s1. The second-order valence-corrected chi connectivity index (χ2v) is 14.5. The van der Waals surface area contributed by atoms with E-state index in [0.29, 0.717) is 37.7 Å². The van der Waals surface area contributed by atoms with Crippen LogP contribution in [0.25, 0.3) is 0 Å². The van der Waals surface area contributed by atoms with Crippen LogP contribution in [0, 0.1) is 5.92 Å². The van der Waals surface area contributed by atoms with E-state index in [1.807, 2.05) is 85.8 Å². The number of aliphatic hydroxyl groups is 2. The van der Waals surface area contributed by atoms with Crippen molar-refractivity contribution in [3.05, 3.63) is 108 Å². The molecule has 3 aromatic rings. The summed E-state index contributed by atoms with van der Waals surface area (Å²) in [6.45, 7) is 3.97. The molecule has 0 radical (unpaired) electrons. The summed E-state index contributed by atoms with van der Waals surface area (Å²) in [5.74, 6) is 0.158. The molecule has 0 bridgehead atoms. The molecule has 4 heterocycles. The highest BCUT2D eigenvalue weighted by Gasteiger charge is 2.54. The van der Waals surface area contributed by atoms with E-state index < -0.39 is 73.8 Å². The summed E-state index contributed by atoms with van der Waals surface area (Å²) >= 11 is 1.23. The zero-order valence-corrected chi connectivity index (χ0v) is 30.9. The molecule has 292 valence electrons. The zero-order chi connectivity index (χ0) is 37.3. The molecule has 6 unspecified atom stereocenters. The molecule has 14 heteroatoms. The van der Waals surface area contributed by atoms with E-state index in [-0.39, 0.29) is 24.9 Å². The van der Waals surface area contributed by atoms with Crippen LogP contribution in [0.2, 0.25) is 0 Å². The van der Waals surface area contributed by atoms with Gasteiger partial charge in [-0.3, -0.25) is 4.79 Å². The molecular formula is C40H48O13S. The number of benzene rings is 3. The highest BCUT2D eigenvalue weighted by molar-refractivity contribution is 8.14. The van der Waals surface area contributed by atoms with Gasteiger partial charge in [0.25, 0.3) is 0 Å². The molecule has 4 fully saturated rings. The quantitative estimate of drug-likeness (QED) is 0.214. The molecule has 4 saturated heterocycles. The van der Waals surface area contributed by atoms with Gasteiger partial charge in [-0.05, 0) is 0 Å². The van der Waals surface area contributed by atoms with Gasteiger partial charge in [0.2, 0.25) is 5.12 Å². The third kappa shape index (κ3) is 9.76. The van der Waals surface area contributed by atoms with Gasteiger partial charge in [0.1, 0.15) is 36.6 Å². The summed E-state index contributed by atoms with van der Waals surface area (Å²) < 4.78 is 61.2. The van der Waals surface area contributed by atoms with E-state index in [0.717, 1.165) is 11.1 Å². The van der Waals surface area contributed by atoms with Gasteiger partial charge in [0.05, 0.1) is 52.4 Å². The summed E-state index contributed by atoms with van der Waals surface area (Å²) in [5, 5.41) is 22.6. The van der Waals surface area contributed by atoms with Crippen LogP contribution in [0.3, 0.4) is 0 Å². The van der Waals surface area contributed by atoms with Crippen molar-refractivity contribution in [2.75, 3.05) is 52.0 Å². The van der Waals surface area contributed by atoms with Crippen LogP contribution in [0.15, 0.2) is 91.0 Å². The Balaban J connectivity index is 0.913. The number of ether oxygens (including phenoxy) is 10. The van der Waals surface area contributed by atoms with Crippen LogP contribution in [0.4, 0.5) is 0 Å². The SMILES string of the molecule is CC1[C@H](OCCOCCOCCSC(=O)c2ccccc2)OC2COC(c3ccccc3)O[C@@H]2[C@@H]1O[C@@H]1OC2COC(c3ccccc3)O[C@@H]2[C@H](O)C1O. The second kappa shape index (κ2) is 19.4. The molecule has 0 aromatic heterocycles. The molecule has 12 atom stereocenters. The topological polar surface area (TPSA) is 150 Å². The van der Waals surface area contributed by atoms with Gasteiger partial charge < -0.3 is 57.6 Å². The maximum absolute atomic E-state index is 12.2. The Hall–Kier alpha value is -2.80. The summed E-state index contributed by atoms with van der Waals surface area (Å²) in [7, 11) is 0. The van der Waals surface area contributed by atoms with Crippen molar-refractivity contribution in [2.24, 2.45) is 5.92 Å². The number of hydrogen-bond acceptors (Lipinski definition) is 14. The predicted molar refractivity (Wildman–Crippen MR) is 194 cm³/mol. The van der Waals surface area contributed by atoms with Crippen molar-refractivity contribution in [1.29, 1.82) is 0 Å². The Morgan fingerprint density at radius 3 is 1.85 bits per heavy atom. The Bertz CT molecular complexity index is 1570. The average Bonchev–Trinajstić information content (AvgIpc) is 3.22.